The molecule has 1 aliphatic heterocycles. The van der Waals surface area contributed by atoms with Crippen molar-refractivity contribution < 1.29 is 9.90 Å². The molecular weight excluding hydrogens is 352 g/mol. The molecule has 3 aromatic rings. The monoisotopic (exact) mass is 372 g/mol. The van der Waals surface area contributed by atoms with Gasteiger partial charge >= 0.3 is 5.97 Å². The number of pyridine rings is 2. The summed E-state index contributed by atoms with van der Waals surface area (Å²) in [6.45, 7) is 1.57. The number of nitriles is 1. The SMILES string of the molecule is N#Cc1cccc(-c2nc(N3CCC(CC(=O)O)CC3)cc3cccnc23)c1. The highest BCUT2D eigenvalue weighted by molar-refractivity contribution is 5.93. The van der Waals surface area contributed by atoms with E-state index in [9.17, 15) is 10.1 Å². The van der Waals surface area contributed by atoms with Crippen LogP contribution in [-0.2, 0) is 4.79 Å². The van der Waals surface area contributed by atoms with Gasteiger partial charge in [-0.05, 0) is 43.0 Å². The average molecular weight is 372 g/mol. The Hall–Kier alpha value is -3.46. The van der Waals surface area contributed by atoms with E-state index in [-0.39, 0.29) is 12.3 Å². The van der Waals surface area contributed by atoms with Crippen molar-refractivity contribution in [3.05, 3.63) is 54.2 Å². The van der Waals surface area contributed by atoms with Crippen LogP contribution in [0.25, 0.3) is 22.2 Å². The highest BCUT2D eigenvalue weighted by atomic mass is 16.4. The van der Waals surface area contributed by atoms with Gasteiger partial charge in [-0.2, -0.15) is 5.26 Å². The third-order valence-electron chi connectivity index (χ3n) is 5.24. The lowest BCUT2D eigenvalue weighted by molar-refractivity contribution is -0.138. The molecule has 0 bridgehead atoms. The summed E-state index contributed by atoms with van der Waals surface area (Å²) < 4.78 is 0. The Labute approximate surface area is 163 Å². The number of fused-ring (bicyclic) bond motifs is 1. The second-order valence-corrected chi connectivity index (χ2v) is 7.13. The van der Waals surface area contributed by atoms with E-state index in [4.69, 9.17) is 10.1 Å². The number of hydrogen-bond acceptors (Lipinski definition) is 5. The first-order chi connectivity index (χ1) is 13.6. The molecule has 0 unspecified atom stereocenters. The van der Waals surface area contributed by atoms with Crippen molar-refractivity contribution in [2.24, 2.45) is 5.92 Å². The van der Waals surface area contributed by atoms with E-state index in [1.54, 1.807) is 12.3 Å². The molecule has 3 heterocycles. The molecule has 6 nitrogen and oxygen atoms in total. The molecule has 0 spiro atoms. The topological polar surface area (TPSA) is 90.1 Å². The first-order valence-electron chi connectivity index (χ1n) is 9.37. The predicted molar refractivity (Wildman–Crippen MR) is 107 cm³/mol. The van der Waals surface area contributed by atoms with Crippen LogP contribution in [0.4, 0.5) is 5.82 Å². The van der Waals surface area contributed by atoms with Crippen LogP contribution in [0.5, 0.6) is 0 Å². The molecule has 0 saturated carbocycles. The van der Waals surface area contributed by atoms with Gasteiger partial charge in [-0.1, -0.05) is 18.2 Å². The number of anilines is 1. The summed E-state index contributed by atoms with van der Waals surface area (Å²) in [6.07, 6.45) is 3.67. The Morgan fingerprint density at radius 3 is 2.79 bits per heavy atom. The number of rotatable bonds is 4. The molecule has 1 fully saturated rings. The maximum atomic E-state index is 11.0. The first kappa shape index (κ1) is 17.9. The summed E-state index contributed by atoms with van der Waals surface area (Å²) in [5.74, 6) is 0.363. The summed E-state index contributed by atoms with van der Waals surface area (Å²) in [7, 11) is 0. The van der Waals surface area contributed by atoms with Crippen molar-refractivity contribution in [1.82, 2.24) is 9.97 Å². The number of benzene rings is 1. The van der Waals surface area contributed by atoms with Gasteiger partial charge in [-0.25, -0.2) is 4.98 Å². The Morgan fingerprint density at radius 2 is 2.04 bits per heavy atom. The fourth-order valence-electron chi connectivity index (χ4n) is 3.78. The van der Waals surface area contributed by atoms with Crippen molar-refractivity contribution in [3.63, 3.8) is 0 Å². The fourth-order valence-corrected chi connectivity index (χ4v) is 3.78. The summed E-state index contributed by atoms with van der Waals surface area (Å²) in [5, 5.41) is 19.2. The van der Waals surface area contributed by atoms with Crippen molar-refractivity contribution in [2.45, 2.75) is 19.3 Å². The second-order valence-electron chi connectivity index (χ2n) is 7.13. The maximum absolute atomic E-state index is 11.0. The molecule has 1 aliphatic rings. The van der Waals surface area contributed by atoms with E-state index in [2.05, 4.69) is 16.0 Å². The summed E-state index contributed by atoms with van der Waals surface area (Å²) in [4.78, 5) is 22.6. The van der Waals surface area contributed by atoms with Crippen molar-refractivity contribution in [3.8, 4) is 17.3 Å². The average Bonchev–Trinajstić information content (AvgIpc) is 2.73. The van der Waals surface area contributed by atoms with E-state index < -0.39 is 5.97 Å². The van der Waals surface area contributed by atoms with E-state index in [0.717, 1.165) is 53.9 Å². The summed E-state index contributed by atoms with van der Waals surface area (Å²) >= 11 is 0. The number of carboxylic acids is 1. The van der Waals surface area contributed by atoms with Crippen LogP contribution >= 0.6 is 0 Å². The first-order valence-corrected chi connectivity index (χ1v) is 9.37. The number of nitrogens with zero attached hydrogens (tertiary/aromatic N) is 4. The third-order valence-corrected chi connectivity index (χ3v) is 5.24. The number of aromatic nitrogens is 2. The minimum Gasteiger partial charge on any atom is -0.481 e. The normalized spacial score (nSPS) is 14.8. The van der Waals surface area contributed by atoms with Crippen LogP contribution in [-0.4, -0.2) is 34.1 Å². The van der Waals surface area contributed by atoms with E-state index in [0.29, 0.717) is 5.56 Å². The number of piperidine rings is 1. The van der Waals surface area contributed by atoms with Crippen molar-refractivity contribution >= 4 is 22.7 Å². The van der Waals surface area contributed by atoms with Gasteiger partial charge in [0.15, 0.2) is 0 Å². The lowest BCUT2D eigenvalue weighted by atomic mass is 9.93. The van der Waals surface area contributed by atoms with Crippen LogP contribution in [0, 0.1) is 17.2 Å². The van der Waals surface area contributed by atoms with Gasteiger partial charge in [-0.15, -0.1) is 0 Å². The smallest absolute Gasteiger partial charge is 0.303 e. The highest BCUT2D eigenvalue weighted by Crippen LogP contribution is 2.31. The van der Waals surface area contributed by atoms with Crippen LogP contribution < -0.4 is 4.90 Å². The molecule has 0 atom stereocenters. The van der Waals surface area contributed by atoms with E-state index >= 15 is 0 Å². The highest BCUT2D eigenvalue weighted by Gasteiger charge is 2.23. The van der Waals surface area contributed by atoms with Crippen molar-refractivity contribution in [1.29, 1.82) is 5.26 Å². The second kappa shape index (κ2) is 7.65. The van der Waals surface area contributed by atoms with Gasteiger partial charge in [-0.3, -0.25) is 9.78 Å². The van der Waals surface area contributed by atoms with Crippen LogP contribution in [0.2, 0.25) is 0 Å². The number of aliphatic carboxylic acids is 1. The molecule has 140 valence electrons. The van der Waals surface area contributed by atoms with Gasteiger partial charge in [0.05, 0.1) is 22.8 Å². The van der Waals surface area contributed by atoms with Gasteiger partial charge < -0.3 is 10.0 Å². The molecule has 1 saturated heterocycles. The van der Waals surface area contributed by atoms with Gasteiger partial charge in [0.25, 0.3) is 0 Å². The molecule has 4 rings (SSSR count). The standard InChI is InChI=1S/C22H20N4O2/c23-14-16-3-1-4-17(11-16)22-21-18(5-2-8-24-21)13-19(25-22)26-9-6-15(7-10-26)12-20(27)28/h1-5,8,11,13,15H,6-7,9-10,12H2,(H,27,28). The van der Waals surface area contributed by atoms with Gasteiger partial charge in [0.1, 0.15) is 5.82 Å². The zero-order valence-corrected chi connectivity index (χ0v) is 15.4. The summed E-state index contributed by atoms with van der Waals surface area (Å²) in [5.41, 5.74) is 3.02. The largest absolute Gasteiger partial charge is 0.481 e. The zero-order chi connectivity index (χ0) is 19.5. The van der Waals surface area contributed by atoms with Gasteiger partial charge in [0, 0.05) is 36.7 Å². The molecule has 28 heavy (non-hydrogen) atoms. The Balaban J connectivity index is 1.71. The quantitative estimate of drug-likeness (QED) is 0.748. The Bertz CT molecular complexity index is 1070. The van der Waals surface area contributed by atoms with Crippen LogP contribution in [0.1, 0.15) is 24.8 Å². The molecular formula is C22H20N4O2. The van der Waals surface area contributed by atoms with E-state index in [1.165, 1.54) is 0 Å². The molecule has 1 aromatic carbocycles. The van der Waals surface area contributed by atoms with Crippen LogP contribution in [0.3, 0.4) is 0 Å². The molecule has 2 aromatic heterocycles. The predicted octanol–water partition coefficient (Wildman–Crippen LogP) is 3.86. The molecule has 0 aliphatic carbocycles. The lowest BCUT2D eigenvalue weighted by Crippen LogP contribution is -2.35. The molecule has 0 amide bonds. The molecule has 6 heteroatoms. The van der Waals surface area contributed by atoms with Gasteiger partial charge in [0.2, 0.25) is 0 Å². The Kier molecular flexibility index (Phi) is 4.90. The third kappa shape index (κ3) is 3.65. The zero-order valence-electron chi connectivity index (χ0n) is 15.4. The molecule has 0 radical (unpaired) electrons. The van der Waals surface area contributed by atoms with E-state index in [1.807, 2.05) is 36.4 Å². The summed E-state index contributed by atoms with van der Waals surface area (Å²) in [6, 6.07) is 15.5. The molecule has 1 N–H and O–H groups in total. The van der Waals surface area contributed by atoms with Crippen LogP contribution in [0.15, 0.2) is 48.7 Å². The number of carbonyl (C=O) groups is 1. The van der Waals surface area contributed by atoms with Crippen molar-refractivity contribution in [2.75, 3.05) is 18.0 Å². The number of hydrogen-bond donors (Lipinski definition) is 1. The minimum absolute atomic E-state index is 0.225. The minimum atomic E-state index is -0.729. The Morgan fingerprint density at radius 1 is 1.21 bits per heavy atom. The lowest BCUT2D eigenvalue weighted by Gasteiger charge is -2.32. The maximum Gasteiger partial charge on any atom is 0.303 e. The fraction of sp³-hybridized carbons (Fsp3) is 0.273. The number of carboxylic acid groups (broad SMARTS) is 1.